The highest BCUT2D eigenvalue weighted by Gasteiger charge is 2.08. The van der Waals surface area contributed by atoms with Crippen molar-refractivity contribution in [2.24, 2.45) is 0 Å². The van der Waals surface area contributed by atoms with Crippen molar-refractivity contribution in [3.05, 3.63) is 23.1 Å². The number of nitrogens with two attached hydrogens (primary N) is 1. The van der Waals surface area contributed by atoms with Crippen molar-refractivity contribution in [3.8, 4) is 0 Å². The first kappa shape index (κ1) is 10.8. The van der Waals surface area contributed by atoms with Gasteiger partial charge in [-0.05, 0) is 26.3 Å². The van der Waals surface area contributed by atoms with Gasteiger partial charge >= 0.3 is 0 Å². The van der Waals surface area contributed by atoms with Crippen LogP contribution >= 0.6 is 12.4 Å². The molecule has 0 fully saturated rings. The molecule has 0 aromatic carbocycles. The van der Waals surface area contributed by atoms with E-state index in [-0.39, 0.29) is 12.4 Å². The Labute approximate surface area is 88.5 Å². The number of nitrogen functional groups attached to an aromatic ring is 1. The van der Waals surface area contributed by atoms with Gasteiger partial charge in [0.05, 0.1) is 11.9 Å². The zero-order chi connectivity index (χ0) is 9.59. The highest BCUT2D eigenvalue weighted by molar-refractivity contribution is 5.85. The van der Waals surface area contributed by atoms with Crippen LogP contribution in [0, 0.1) is 20.8 Å². The highest BCUT2D eigenvalue weighted by Crippen LogP contribution is 2.16. The monoisotopic (exact) mass is 212 g/mol. The van der Waals surface area contributed by atoms with Crippen molar-refractivity contribution < 1.29 is 0 Å². The van der Waals surface area contributed by atoms with Crippen LogP contribution in [-0.4, -0.2) is 14.6 Å². The molecule has 0 saturated heterocycles. The van der Waals surface area contributed by atoms with Crippen LogP contribution in [-0.2, 0) is 0 Å². The van der Waals surface area contributed by atoms with Crippen molar-refractivity contribution in [2.45, 2.75) is 20.8 Å². The number of hydrogen-bond acceptors (Lipinski definition) is 3. The van der Waals surface area contributed by atoms with Crippen molar-refractivity contribution in [2.75, 3.05) is 5.73 Å². The second-order valence-electron chi connectivity index (χ2n) is 3.24. The maximum Gasteiger partial charge on any atom is 0.178 e. The Morgan fingerprint density at radius 2 is 1.93 bits per heavy atom. The van der Waals surface area contributed by atoms with Crippen LogP contribution in [0.15, 0.2) is 6.20 Å². The minimum Gasteiger partial charge on any atom is -0.394 e. The van der Waals surface area contributed by atoms with Crippen LogP contribution in [0.4, 0.5) is 5.69 Å². The molecule has 0 bridgehead atoms. The Morgan fingerprint density at radius 3 is 2.57 bits per heavy atom. The Balaban J connectivity index is 0.000000980. The van der Waals surface area contributed by atoms with E-state index in [1.807, 2.05) is 20.8 Å². The van der Waals surface area contributed by atoms with Gasteiger partial charge in [-0.25, -0.2) is 9.50 Å². The summed E-state index contributed by atoms with van der Waals surface area (Å²) >= 11 is 0. The normalized spacial score (nSPS) is 10.2. The lowest BCUT2D eigenvalue weighted by molar-refractivity contribution is 0.870. The summed E-state index contributed by atoms with van der Waals surface area (Å²) in [6.45, 7) is 6.03. The molecule has 0 aliphatic rings. The van der Waals surface area contributed by atoms with Gasteiger partial charge in [0.25, 0.3) is 0 Å². The number of fused-ring (bicyclic) bond motifs is 1. The van der Waals surface area contributed by atoms with Crippen LogP contribution in [0.2, 0.25) is 0 Å². The third kappa shape index (κ3) is 1.32. The molecular formula is C9H13ClN4. The van der Waals surface area contributed by atoms with Gasteiger partial charge < -0.3 is 5.73 Å². The number of aryl methyl sites for hydroxylation is 2. The van der Waals surface area contributed by atoms with Crippen LogP contribution in [0.3, 0.4) is 0 Å². The SMILES string of the molecule is Cc1nc2c(N)cnn2c(C)c1C.Cl. The molecule has 4 nitrogen and oxygen atoms in total. The molecule has 76 valence electrons. The second-order valence-corrected chi connectivity index (χ2v) is 3.24. The third-order valence-corrected chi connectivity index (χ3v) is 2.45. The maximum absolute atomic E-state index is 5.72. The number of nitrogens with zero attached hydrogens (tertiary/aromatic N) is 3. The van der Waals surface area contributed by atoms with Crippen LogP contribution in [0.5, 0.6) is 0 Å². The molecule has 0 saturated carbocycles. The molecule has 14 heavy (non-hydrogen) atoms. The summed E-state index contributed by atoms with van der Waals surface area (Å²) in [5.74, 6) is 0. The molecule has 0 atom stereocenters. The molecule has 2 heterocycles. The number of aromatic nitrogens is 3. The van der Waals surface area contributed by atoms with Crippen molar-refractivity contribution >= 4 is 23.7 Å². The smallest absolute Gasteiger partial charge is 0.178 e. The summed E-state index contributed by atoms with van der Waals surface area (Å²) in [5, 5.41) is 4.15. The molecule has 2 rings (SSSR count). The zero-order valence-corrected chi connectivity index (χ0v) is 9.22. The summed E-state index contributed by atoms with van der Waals surface area (Å²) in [6, 6.07) is 0. The summed E-state index contributed by atoms with van der Waals surface area (Å²) in [6.07, 6.45) is 1.63. The summed E-state index contributed by atoms with van der Waals surface area (Å²) < 4.78 is 1.78. The molecule has 0 unspecified atom stereocenters. The van der Waals surface area contributed by atoms with Crippen molar-refractivity contribution in [3.63, 3.8) is 0 Å². The molecule has 0 aliphatic carbocycles. The molecule has 0 aliphatic heterocycles. The molecule has 5 heteroatoms. The maximum atomic E-state index is 5.72. The van der Waals surface area contributed by atoms with Crippen LogP contribution in [0.1, 0.15) is 17.0 Å². The van der Waals surface area contributed by atoms with Gasteiger partial charge in [-0.2, -0.15) is 5.10 Å². The van der Waals surface area contributed by atoms with Gasteiger partial charge in [-0.3, -0.25) is 0 Å². The van der Waals surface area contributed by atoms with Gasteiger partial charge in [0, 0.05) is 11.4 Å². The number of hydrogen-bond donors (Lipinski definition) is 1. The van der Waals surface area contributed by atoms with Gasteiger partial charge in [0.1, 0.15) is 0 Å². The Morgan fingerprint density at radius 1 is 1.29 bits per heavy atom. The third-order valence-electron chi connectivity index (χ3n) is 2.45. The van der Waals surface area contributed by atoms with E-state index in [0.29, 0.717) is 5.69 Å². The van der Waals surface area contributed by atoms with Gasteiger partial charge in [0.15, 0.2) is 5.65 Å². The largest absolute Gasteiger partial charge is 0.394 e. The highest BCUT2D eigenvalue weighted by atomic mass is 35.5. The summed E-state index contributed by atoms with van der Waals surface area (Å²) in [4.78, 5) is 4.37. The molecule has 2 aromatic heterocycles. The lowest BCUT2D eigenvalue weighted by Crippen LogP contribution is -2.02. The van der Waals surface area contributed by atoms with Gasteiger partial charge in [0.2, 0.25) is 0 Å². The molecule has 0 spiro atoms. The van der Waals surface area contributed by atoms with E-state index in [1.165, 1.54) is 0 Å². The Bertz CT molecular complexity index is 475. The van der Waals surface area contributed by atoms with Crippen LogP contribution < -0.4 is 5.73 Å². The van der Waals surface area contributed by atoms with E-state index in [4.69, 9.17) is 5.73 Å². The lowest BCUT2D eigenvalue weighted by Gasteiger charge is -2.05. The van der Waals surface area contributed by atoms with E-state index in [0.717, 1.165) is 22.6 Å². The Kier molecular flexibility index (Phi) is 2.66. The summed E-state index contributed by atoms with van der Waals surface area (Å²) in [7, 11) is 0. The van der Waals surface area contributed by atoms with E-state index < -0.39 is 0 Å². The minimum absolute atomic E-state index is 0. The van der Waals surface area contributed by atoms with Gasteiger partial charge in [-0.15, -0.1) is 12.4 Å². The average Bonchev–Trinajstić information content (AvgIpc) is 2.45. The first-order valence-corrected chi connectivity index (χ1v) is 4.18. The number of halogens is 1. The van der Waals surface area contributed by atoms with Crippen molar-refractivity contribution in [1.29, 1.82) is 0 Å². The van der Waals surface area contributed by atoms with E-state index in [1.54, 1.807) is 10.7 Å². The Hall–Kier alpha value is -1.29. The fourth-order valence-corrected chi connectivity index (χ4v) is 1.38. The second kappa shape index (κ2) is 3.46. The van der Waals surface area contributed by atoms with E-state index >= 15 is 0 Å². The molecule has 0 amide bonds. The fraction of sp³-hybridized carbons (Fsp3) is 0.333. The predicted octanol–water partition coefficient (Wildman–Crippen LogP) is 1.66. The first-order valence-electron chi connectivity index (χ1n) is 4.18. The summed E-state index contributed by atoms with van der Waals surface area (Å²) in [5.41, 5.74) is 10.4. The average molecular weight is 213 g/mol. The molecule has 2 N–H and O–H groups in total. The molecular weight excluding hydrogens is 200 g/mol. The minimum atomic E-state index is 0. The first-order chi connectivity index (χ1) is 6.11. The van der Waals surface area contributed by atoms with E-state index in [9.17, 15) is 0 Å². The van der Waals surface area contributed by atoms with Crippen LogP contribution in [0.25, 0.3) is 5.65 Å². The topological polar surface area (TPSA) is 56.2 Å². The van der Waals surface area contributed by atoms with E-state index in [2.05, 4.69) is 10.1 Å². The van der Waals surface area contributed by atoms with Crippen molar-refractivity contribution in [1.82, 2.24) is 14.6 Å². The number of anilines is 1. The lowest BCUT2D eigenvalue weighted by atomic mass is 10.2. The quantitative estimate of drug-likeness (QED) is 0.723. The molecule has 2 aromatic rings. The zero-order valence-electron chi connectivity index (χ0n) is 8.40. The molecule has 0 radical (unpaired) electrons. The number of rotatable bonds is 0. The standard InChI is InChI=1S/C9H12N4.ClH/c1-5-6(2)12-9-8(10)4-11-13(9)7(5)3;/h4H,10H2,1-3H3;1H. The predicted molar refractivity (Wildman–Crippen MR) is 58.9 cm³/mol. The fourth-order valence-electron chi connectivity index (χ4n) is 1.38. The van der Waals surface area contributed by atoms with Gasteiger partial charge in [-0.1, -0.05) is 0 Å².